The number of hydrogen-bond acceptors (Lipinski definition) is 8. The lowest BCUT2D eigenvalue weighted by Crippen LogP contribution is -2.58. The molecular weight excluding hydrogens is 522 g/mol. The Morgan fingerprint density at radius 3 is 2.46 bits per heavy atom. The second-order valence-corrected chi connectivity index (χ2v) is 12.6. The Kier molecular flexibility index (Phi) is 10.9. The van der Waals surface area contributed by atoms with Crippen LogP contribution < -0.4 is 16.7 Å². The van der Waals surface area contributed by atoms with Crippen molar-refractivity contribution in [3.05, 3.63) is 66.1 Å². The molecule has 2 unspecified atom stereocenters. The summed E-state index contributed by atoms with van der Waals surface area (Å²) in [4.78, 5) is 32.8. The summed E-state index contributed by atoms with van der Waals surface area (Å²) < 4.78 is 36.9. The Labute approximate surface area is 230 Å². The largest absolute Gasteiger partial charge is 0.469 e. The number of benzene rings is 1. The van der Waals surface area contributed by atoms with Gasteiger partial charge in [0.25, 0.3) is 0 Å². The Hall–Kier alpha value is -2.99. The van der Waals surface area contributed by atoms with Crippen LogP contribution in [0.2, 0.25) is 0 Å². The van der Waals surface area contributed by atoms with Gasteiger partial charge in [-0.15, -0.1) is 0 Å². The van der Waals surface area contributed by atoms with Crippen molar-refractivity contribution in [2.45, 2.75) is 57.0 Å². The number of ether oxygens (including phenoxy) is 1. The van der Waals surface area contributed by atoms with Gasteiger partial charge in [-0.2, -0.15) is 0 Å². The van der Waals surface area contributed by atoms with Gasteiger partial charge in [0, 0.05) is 25.7 Å². The molecule has 214 valence electrons. The Morgan fingerprint density at radius 1 is 1.15 bits per heavy atom. The van der Waals surface area contributed by atoms with Crippen molar-refractivity contribution in [1.29, 1.82) is 0 Å². The van der Waals surface area contributed by atoms with Crippen molar-refractivity contribution in [1.82, 2.24) is 10.9 Å². The normalized spacial score (nSPS) is 19.4. The van der Waals surface area contributed by atoms with Crippen LogP contribution in [-0.4, -0.2) is 44.1 Å². The molecule has 2 heterocycles. The average Bonchev–Trinajstić information content (AvgIpc) is 3.43. The van der Waals surface area contributed by atoms with Crippen LogP contribution in [0.1, 0.15) is 50.9 Å². The molecule has 2 amide bonds. The van der Waals surface area contributed by atoms with Crippen molar-refractivity contribution in [3.63, 3.8) is 0 Å². The highest BCUT2D eigenvalue weighted by Gasteiger charge is 2.55. The molecule has 4 atom stereocenters. The van der Waals surface area contributed by atoms with Gasteiger partial charge in [0.05, 0.1) is 18.1 Å². The molecule has 4 N–H and O–H groups in total. The molecule has 0 bridgehead atoms. The summed E-state index contributed by atoms with van der Waals surface area (Å²) in [5.74, 6) is 1.86. The van der Waals surface area contributed by atoms with Crippen LogP contribution in [-0.2, 0) is 35.4 Å². The summed E-state index contributed by atoms with van der Waals surface area (Å²) in [6.07, 6.45) is 7.25. The van der Waals surface area contributed by atoms with E-state index in [1.165, 1.54) is 12.3 Å². The monoisotopic (exact) mass is 561 g/mol. The van der Waals surface area contributed by atoms with E-state index < -0.39 is 44.5 Å². The van der Waals surface area contributed by atoms with Crippen molar-refractivity contribution < 1.29 is 32.0 Å². The van der Waals surface area contributed by atoms with Crippen molar-refractivity contribution >= 4 is 27.7 Å². The topological polar surface area (TPSA) is 150 Å². The third kappa shape index (κ3) is 8.01. The third-order valence-corrected chi connectivity index (χ3v) is 8.84. The highest BCUT2D eigenvalue weighted by Crippen LogP contribution is 2.40. The smallest absolute Gasteiger partial charge is 0.249 e. The van der Waals surface area contributed by atoms with E-state index in [0.717, 1.165) is 24.7 Å². The van der Waals surface area contributed by atoms with E-state index >= 15 is 0 Å². The Morgan fingerprint density at radius 2 is 1.90 bits per heavy atom. The molecule has 10 nitrogen and oxygen atoms in total. The number of hydroxylamine groups is 1. The lowest BCUT2D eigenvalue weighted by Gasteiger charge is -2.40. The van der Waals surface area contributed by atoms with Crippen LogP contribution in [0.5, 0.6) is 0 Å². The van der Waals surface area contributed by atoms with E-state index in [-0.39, 0.29) is 18.8 Å². The minimum atomic E-state index is -4.10. The molecule has 11 heteroatoms. The lowest BCUT2D eigenvalue weighted by atomic mass is 9.74. The third-order valence-electron chi connectivity index (χ3n) is 6.92. The maximum absolute atomic E-state index is 14.0. The maximum atomic E-state index is 14.0. The van der Waals surface area contributed by atoms with Gasteiger partial charge >= 0.3 is 0 Å². The number of carbonyl (C=O) groups excluding carboxylic acids is 2. The van der Waals surface area contributed by atoms with Gasteiger partial charge in [0.1, 0.15) is 10.5 Å². The van der Waals surface area contributed by atoms with Gasteiger partial charge in [-0.1, -0.05) is 56.3 Å². The fraction of sp³-hybridized carbons (Fsp3) is 0.500. The Balaban J connectivity index is 2.19. The molecular formula is C28H39N3O7S. The predicted molar refractivity (Wildman–Crippen MR) is 147 cm³/mol. The van der Waals surface area contributed by atoms with Crippen LogP contribution in [0.4, 0.5) is 0 Å². The number of furan rings is 1. The summed E-state index contributed by atoms with van der Waals surface area (Å²) in [5, 5.41) is 0. The van der Waals surface area contributed by atoms with Gasteiger partial charge in [-0.3, -0.25) is 15.0 Å². The molecule has 0 spiro atoms. The second-order valence-electron chi connectivity index (χ2n) is 10.3. The molecule has 0 aliphatic carbocycles. The van der Waals surface area contributed by atoms with E-state index in [1.807, 2.05) is 44.2 Å². The molecule has 0 radical (unpaired) electrons. The first-order valence-electron chi connectivity index (χ1n) is 13.1. The number of carbonyl (C=O) groups is 2. The first-order chi connectivity index (χ1) is 18.6. The van der Waals surface area contributed by atoms with Gasteiger partial charge in [0.2, 0.25) is 11.8 Å². The van der Waals surface area contributed by atoms with Crippen LogP contribution in [0.3, 0.4) is 0 Å². The van der Waals surface area contributed by atoms with Gasteiger partial charge in [-0.05, 0) is 42.9 Å². The first kappa shape index (κ1) is 30.6. The second kappa shape index (κ2) is 13.9. The fourth-order valence-electron chi connectivity index (χ4n) is 4.99. The molecule has 39 heavy (non-hydrogen) atoms. The summed E-state index contributed by atoms with van der Waals surface area (Å²) in [5.41, 5.74) is 5.29. The Bertz CT molecular complexity index is 1190. The lowest BCUT2D eigenvalue weighted by molar-refractivity contribution is -0.203. The van der Waals surface area contributed by atoms with Crippen molar-refractivity contribution in [2.24, 2.45) is 23.6 Å². The van der Waals surface area contributed by atoms with Crippen LogP contribution >= 0.6 is 0 Å². The van der Waals surface area contributed by atoms with E-state index in [9.17, 15) is 18.0 Å². The van der Waals surface area contributed by atoms with Gasteiger partial charge < -0.3 is 9.15 Å². The predicted octanol–water partition coefficient (Wildman–Crippen LogP) is 3.16. The molecule has 1 aliphatic heterocycles. The quantitative estimate of drug-likeness (QED) is 0.192. The number of hydrazine groups is 1. The standard InChI is InChI=1S/C28H39N3O7S/c1-20(2)18-23(26(32)30-29)25(27(33)31-38-24-13-7-8-16-37-24)28(39(3,34)35,19-22-12-9-17-36-22)15-14-21-10-5-4-6-11-21/h4-6,9-12,14-15,17,20,23-25H,7-8,13,16,18-19,29H2,1-3H3,(H,30,32)(H,31,33)/b15-14+/t23-,24?,25+,28?/m1/s1. The number of amides is 2. The van der Waals surface area contributed by atoms with Crippen LogP contribution in [0, 0.1) is 17.8 Å². The zero-order valence-electron chi connectivity index (χ0n) is 22.7. The van der Waals surface area contributed by atoms with E-state index in [0.29, 0.717) is 18.8 Å². The summed E-state index contributed by atoms with van der Waals surface area (Å²) in [7, 11) is -4.10. The molecule has 3 rings (SSSR count). The molecule has 1 saturated heterocycles. The minimum absolute atomic E-state index is 0.0656. The summed E-state index contributed by atoms with van der Waals surface area (Å²) >= 11 is 0. The molecule has 1 aromatic heterocycles. The van der Waals surface area contributed by atoms with Crippen molar-refractivity contribution in [3.8, 4) is 0 Å². The SMILES string of the molecule is CC(C)C[C@@H](C(=O)NN)[C@@H](C(=O)NOC1CCCCO1)C(/C=C/c1ccccc1)(Cc1ccco1)S(C)(=O)=O. The minimum Gasteiger partial charge on any atom is -0.469 e. The number of nitrogens with two attached hydrogens (primary N) is 1. The molecule has 1 aliphatic rings. The summed E-state index contributed by atoms with van der Waals surface area (Å²) in [6.45, 7) is 4.25. The maximum Gasteiger partial charge on any atom is 0.249 e. The summed E-state index contributed by atoms with van der Waals surface area (Å²) in [6, 6.07) is 12.4. The van der Waals surface area contributed by atoms with Crippen LogP contribution in [0.15, 0.2) is 59.2 Å². The van der Waals surface area contributed by atoms with Crippen LogP contribution in [0.25, 0.3) is 6.08 Å². The fourth-order valence-corrected chi connectivity index (χ4v) is 6.44. The highest BCUT2D eigenvalue weighted by atomic mass is 32.2. The number of sulfone groups is 1. The molecule has 0 saturated carbocycles. The molecule has 1 aromatic carbocycles. The number of nitrogens with one attached hydrogen (secondary N) is 2. The number of rotatable bonds is 13. The molecule has 2 aromatic rings. The van der Waals surface area contributed by atoms with E-state index in [2.05, 4.69) is 10.9 Å². The first-order valence-corrected chi connectivity index (χ1v) is 15.0. The zero-order valence-corrected chi connectivity index (χ0v) is 23.5. The van der Waals surface area contributed by atoms with E-state index in [1.54, 1.807) is 18.2 Å². The average molecular weight is 562 g/mol. The van der Waals surface area contributed by atoms with Gasteiger partial charge in [0.15, 0.2) is 16.1 Å². The highest BCUT2D eigenvalue weighted by molar-refractivity contribution is 7.92. The molecule has 1 fully saturated rings. The zero-order chi connectivity index (χ0) is 28.5. The van der Waals surface area contributed by atoms with Crippen molar-refractivity contribution in [2.75, 3.05) is 12.9 Å². The van der Waals surface area contributed by atoms with Gasteiger partial charge in [-0.25, -0.2) is 24.6 Å². The number of hydrogen-bond donors (Lipinski definition) is 3. The van der Waals surface area contributed by atoms with E-state index in [4.69, 9.17) is 19.8 Å².